The van der Waals surface area contributed by atoms with Gasteiger partial charge in [0.25, 0.3) is 5.91 Å². The summed E-state index contributed by atoms with van der Waals surface area (Å²) in [6.45, 7) is 1.94. The minimum atomic E-state index is -0.319. The van der Waals surface area contributed by atoms with Gasteiger partial charge in [0.05, 0.1) is 12.7 Å². The third kappa shape index (κ3) is 4.73. The van der Waals surface area contributed by atoms with Gasteiger partial charge in [-0.05, 0) is 42.8 Å². The molecule has 0 aliphatic carbocycles. The molecule has 24 heavy (non-hydrogen) atoms. The first kappa shape index (κ1) is 17.8. The number of hydrogen-bond acceptors (Lipinski definition) is 3. The Bertz CT molecular complexity index is 747. The molecule has 126 valence electrons. The van der Waals surface area contributed by atoms with E-state index in [1.54, 1.807) is 42.5 Å². The molecular weight excluding hydrogens is 328 g/mol. The fraction of sp³-hybridized carbons (Fsp3) is 0.222. The molecule has 0 aliphatic heterocycles. The summed E-state index contributed by atoms with van der Waals surface area (Å²) >= 11 is 5.90. The van der Waals surface area contributed by atoms with Crippen LogP contribution in [0.4, 0.5) is 11.4 Å². The number of carbonyl (C=O) groups excluding carboxylic acids is 2. The third-order valence-corrected chi connectivity index (χ3v) is 3.52. The molecule has 5 nitrogen and oxygen atoms in total. The van der Waals surface area contributed by atoms with Crippen LogP contribution in [-0.4, -0.2) is 18.9 Å². The fourth-order valence-corrected chi connectivity index (χ4v) is 2.34. The van der Waals surface area contributed by atoms with E-state index in [1.165, 1.54) is 7.11 Å². The Kier molecular flexibility index (Phi) is 6.21. The average Bonchev–Trinajstić information content (AvgIpc) is 2.55. The van der Waals surface area contributed by atoms with Gasteiger partial charge in [-0.25, -0.2) is 0 Å². The Balaban J connectivity index is 2.13. The Hall–Kier alpha value is -2.53. The van der Waals surface area contributed by atoms with Crippen LogP contribution < -0.4 is 15.4 Å². The van der Waals surface area contributed by atoms with Gasteiger partial charge < -0.3 is 15.4 Å². The van der Waals surface area contributed by atoms with E-state index in [-0.39, 0.29) is 11.8 Å². The number of anilines is 2. The highest BCUT2D eigenvalue weighted by Gasteiger charge is 2.13. The highest BCUT2D eigenvalue weighted by atomic mass is 35.5. The van der Waals surface area contributed by atoms with Gasteiger partial charge in [-0.3, -0.25) is 9.59 Å². The monoisotopic (exact) mass is 346 g/mol. The Morgan fingerprint density at radius 2 is 1.79 bits per heavy atom. The number of methoxy groups -OCH3 is 1. The van der Waals surface area contributed by atoms with E-state index in [0.29, 0.717) is 34.1 Å². The molecule has 0 unspecified atom stereocenters. The van der Waals surface area contributed by atoms with Crippen LogP contribution in [0.15, 0.2) is 42.5 Å². The summed E-state index contributed by atoms with van der Waals surface area (Å²) in [4.78, 5) is 24.1. The molecule has 2 aromatic carbocycles. The van der Waals surface area contributed by atoms with Crippen LogP contribution in [-0.2, 0) is 4.79 Å². The molecule has 2 aromatic rings. The standard InChI is InChI=1S/C18H19ClN2O3/c1-3-5-17(22)20-13-6-4-7-14(11-13)21-18(23)15-9-8-12(19)10-16(15)24-2/h4,6-11H,3,5H2,1-2H3,(H,20,22)(H,21,23). The molecule has 0 saturated carbocycles. The summed E-state index contributed by atoms with van der Waals surface area (Å²) in [7, 11) is 1.48. The molecule has 2 amide bonds. The number of amides is 2. The van der Waals surface area contributed by atoms with Crippen molar-refractivity contribution in [1.29, 1.82) is 0 Å². The molecule has 0 radical (unpaired) electrons. The van der Waals surface area contributed by atoms with Gasteiger partial charge in [0, 0.05) is 22.8 Å². The Morgan fingerprint density at radius 1 is 1.08 bits per heavy atom. The number of ether oxygens (including phenoxy) is 1. The normalized spacial score (nSPS) is 10.1. The molecule has 0 spiro atoms. The molecule has 0 bridgehead atoms. The second kappa shape index (κ2) is 8.36. The van der Waals surface area contributed by atoms with E-state index in [2.05, 4.69) is 10.6 Å². The van der Waals surface area contributed by atoms with E-state index < -0.39 is 0 Å². The largest absolute Gasteiger partial charge is 0.496 e. The highest BCUT2D eigenvalue weighted by Crippen LogP contribution is 2.24. The molecule has 0 heterocycles. The maximum absolute atomic E-state index is 12.4. The molecule has 0 saturated heterocycles. The van der Waals surface area contributed by atoms with Gasteiger partial charge in [0.2, 0.25) is 5.91 Å². The minimum absolute atomic E-state index is 0.0552. The van der Waals surface area contributed by atoms with Crippen molar-refractivity contribution in [2.75, 3.05) is 17.7 Å². The number of hydrogen-bond donors (Lipinski definition) is 2. The van der Waals surface area contributed by atoms with Crippen molar-refractivity contribution in [3.05, 3.63) is 53.1 Å². The van der Waals surface area contributed by atoms with E-state index in [9.17, 15) is 9.59 Å². The second-order valence-electron chi connectivity index (χ2n) is 5.18. The van der Waals surface area contributed by atoms with Crippen molar-refractivity contribution in [2.24, 2.45) is 0 Å². The molecule has 0 aliphatic rings. The lowest BCUT2D eigenvalue weighted by Crippen LogP contribution is -2.14. The summed E-state index contributed by atoms with van der Waals surface area (Å²) in [6.07, 6.45) is 1.23. The lowest BCUT2D eigenvalue weighted by Gasteiger charge is -2.11. The topological polar surface area (TPSA) is 67.4 Å². The third-order valence-electron chi connectivity index (χ3n) is 3.29. The molecule has 0 atom stereocenters. The van der Waals surface area contributed by atoms with Crippen molar-refractivity contribution in [3.63, 3.8) is 0 Å². The maximum Gasteiger partial charge on any atom is 0.259 e. The first-order valence-electron chi connectivity index (χ1n) is 7.58. The zero-order valence-corrected chi connectivity index (χ0v) is 14.3. The number of benzene rings is 2. The van der Waals surface area contributed by atoms with E-state index in [0.717, 1.165) is 6.42 Å². The summed E-state index contributed by atoms with van der Waals surface area (Å²) in [5, 5.41) is 6.07. The van der Waals surface area contributed by atoms with Crippen LogP contribution in [0.25, 0.3) is 0 Å². The Labute approximate surface area is 146 Å². The van der Waals surface area contributed by atoms with Crippen molar-refractivity contribution < 1.29 is 14.3 Å². The van der Waals surface area contributed by atoms with Gasteiger partial charge in [0.15, 0.2) is 0 Å². The molecule has 0 fully saturated rings. The minimum Gasteiger partial charge on any atom is -0.496 e. The molecular formula is C18H19ClN2O3. The summed E-state index contributed by atoms with van der Waals surface area (Å²) < 4.78 is 5.19. The van der Waals surface area contributed by atoms with Gasteiger partial charge in [-0.1, -0.05) is 24.6 Å². The zero-order chi connectivity index (χ0) is 17.5. The van der Waals surface area contributed by atoms with Crippen LogP contribution in [0.5, 0.6) is 5.75 Å². The van der Waals surface area contributed by atoms with E-state index in [4.69, 9.17) is 16.3 Å². The molecule has 2 N–H and O–H groups in total. The van der Waals surface area contributed by atoms with Crippen LogP contribution in [0, 0.1) is 0 Å². The van der Waals surface area contributed by atoms with Crippen LogP contribution in [0.2, 0.25) is 5.02 Å². The average molecular weight is 347 g/mol. The second-order valence-corrected chi connectivity index (χ2v) is 5.61. The first-order valence-corrected chi connectivity index (χ1v) is 7.96. The highest BCUT2D eigenvalue weighted by molar-refractivity contribution is 6.31. The number of carbonyl (C=O) groups is 2. The lowest BCUT2D eigenvalue weighted by molar-refractivity contribution is -0.116. The summed E-state index contributed by atoms with van der Waals surface area (Å²) in [5.74, 6) is 0.0216. The van der Waals surface area contributed by atoms with Crippen molar-refractivity contribution in [3.8, 4) is 5.75 Å². The van der Waals surface area contributed by atoms with Crippen molar-refractivity contribution in [1.82, 2.24) is 0 Å². The predicted octanol–water partition coefficient (Wildman–Crippen LogP) is 4.34. The fourth-order valence-electron chi connectivity index (χ4n) is 2.18. The van der Waals surface area contributed by atoms with Gasteiger partial charge in [0.1, 0.15) is 5.75 Å². The zero-order valence-electron chi connectivity index (χ0n) is 13.6. The van der Waals surface area contributed by atoms with E-state index >= 15 is 0 Å². The predicted molar refractivity (Wildman–Crippen MR) is 95.9 cm³/mol. The molecule has 6 heteroatoms. The first-order chi connectivity index (χ1) is 11.5. The Morgan fingerprint density at radius 3 is 2.46 bits per heavy atom. The quantitative estimate of drug-likeness (QED) is 0.817. The van der Waals surface area contributed by atoms with Crippen molar-refractivity contribution in [2.45, 2.75) is 19.8 Å². The lowest BCUT2D eigenvalue weighted by atomic mass is 10.1. The van der Waals surface area contributed by atoms with Crippen LogP contribution >= 0.6 is 11.6 Å². The summed E-state index contributed by atoms with van der Waals surface area (Å²) in [5.41, 5.74) is 1.59. The molecule has 0 aromatic heterocycles. The maximum atomic E-state index is 12.4. The van der Waals surface area contributed by atoms with Crippen LogP contribution in [0.1, 0.15) is 30.1 Å². The SMILES string of the molecule is CCCC(=O)Nc1cccc(NC(=O)c2ccc(Cl)cc2OC)c1. The van der Waals surface area contributed by atoms with Crippen molar-refractivity contribution >= 4 is 34.8 Å². The van der Waals surface area contributed by atoms with E-state index in [1.807, 2.05) is 6.92 Å². The van der Waals surface area contributed by atoms with Gasteiger partial charge in [-0.15, -0.1) is 0 Å². The smallest absolute Gasteiger partial charge is 0.259 e. The number of halogens is 1. The number of rotatable bonds is 6. The van der Waals surface area contributed by atoms with Crippen LogP contribution in [0.3, 0.4) is 0 Å². The molecule has 2 rings (SSSR count). The number of nitrogens with one attached hydrogen (secondary N) is 2. The summed E-state index contributed by atoms with van der Waals surface area (Å²) in [6, 6.07) is 11.8. The van der Waals surface area contributed by atoms with Gasteiger partial charge in [-0.2, -0.15) is 0 Å². The van der Waals surface area contributed by atoms with Gasteiger partial charge >= 0.3 is 0 Å².